The fraction of sp³-hybridized carbons (Fsp3) is 0.417. The molecule has 0 unspecified atom stereocenters. The molecule has 0 saturated carbocycles. The van der Waals surface area contributed by atoms with Gasteiger partial charge >= 0.3 is 17.6 Å². The molecule has 0 aromatic carbocycles. The molecule has 0 fully saturated rings. The molecular weight excluding hydrogens is 298 g/mol. The minimum absolute atomic E-state index is 0.270. The van der Waals surface area contributed by atoms with Gasteiger partial charge in [0.05, 0.1) is 0 Å². The van der Waals surface area contributed by atoms with E-state index in [-0.39, 0.29) is 12.0 Å². The molecular formula is C12H15N3O7. The highest BCUT2D eigenvalue weighted by Gasteiger charge is 2.18. The summed E-state index contributed by atoms with van der Waals surface area (Å²) in [6.07, 6.45) is 0.150. The Kier molecular flexibility index (Phi) is 5.22. The Morgan fingerprint density at radius 2 is 1.82 bits per heavy atom. The highest BCUT2D eigenvalue weighted by Crippen LogP contribution is 2.08. The van der Waals surface area contributed by atoms with Crippen LogP contribution in [0.1, 0.15) is 18.4 Å². The van der Waals surface area contributed by atoms with Crippen molar-refractivity contribution in [3.8, 4) is 5.88 Å². The zero-order valence-corrected chi connectivity index (χ0v) is 11.9. The highest BCUT2D eigenvalue weighted by atomic mass is 16.4. The molecule has 0 spiro atoms. The molecule has 1 rings (SSSR count). The van der Waals surface area contributed by atoms with Crippen molar-refractivity contribution in [2.45, 2.75) is 18.9 Å². The number of hydrogen-bond acceptors (Lipinski definition) is 6. The first-order valence-electron chi connectivity index (χ1n) is 6.13. The van der Waals surface area contributed by atoms with Crippen molar-refractivity contribution >= 4 is 18.2 Å². The Labute approximate surface area is 123 Å². The molecule has 22 heavy (non-hydrogen) atoms. The Morgan fingerprint density at radius 3 is 2.32 bits per heavy atom. The average molecular weight is 313 g/mol. The molecule has 1 atom stereocenters. The smallest absolute Gasteiger partial charge is 0.333 e. The average Bonchev–Trinajstić information content (AvgIpc) is 2.45. The summed E-state index contributed by atoms with van der Waals surface area (Å²) in [4.78, 5) is 48.5. The summed E-state index contributed by atoms with van der Waals surface area (Å²) in [6, 6.07) is -1.38. The lowest BCUT2D eigenvalue weighted by atomic mass is 10.1. The minimum atomic E-state index is -1.38. The number of hydrogen-bond donors (Lipinski definition) is 3. The number of carboxylic acids is 2. The molecule has 1 aromatic heterocycles. The van der Waals surface area contributed by atoms with E-state index in [9.17, 15) is 24.3 Å². The number of nitrogens with zero attached hydrogens (tertiary/aromatic N) is 3. The summed E-state index contributed by atoms with van der Waals surface area (Å²) in [7, 11) is 2.42. The molecule has 10 nitrogen and oxygen atoms in total. The van der Waals surface area contributed by atoms with Gasteiger partial charge < -0.3 is 15.3 Å². The maximum absolute atomic E-state index is 11.9. The third-order valence-electron chi connectivity index (χ3n) is 2.97. The predicted molar refractivity (Wildman–Crippen MR) is 74.5 cm³/mol. The van der Waals surface area contributed by atoms with Gasteiger partial charge in [-0.3, -0.25) is 23.7 Å². The van der Waals surface area contributed by atoms with Crippen LogP contribution < -0.4 is 11.2 Å². The van der Waals surface area contributed by atoms with Crippen LogP contribution in [0.4, 0.5) is 0 Å². The maximum Gasteiger partial charge on any atom is 0.333 e. The van der Waals surface area contributed by atoms with Gasteiger partial charge in [-0.25, -0.2) is 9.59 Å². The van der Waals surface area contributed by atoms with Gasteiger partial charge in [0.25, 0.3) is 5.56 Å². The quantitative estimate of drug-likeness (QED) is 0.542. The van der Waals surface area contributed by atoms with Crippen LogP contribution in [0.2, 0.25) is 0 Å². The first-order valence-corrected chi connectivity index (χ1v) is 6.13. The van der Waals surface area contributed by atoms with E-state index in [0.717, 1.165) is 15.3 Å². The number of carboxylic acid groups (broad SMARTS) is 2. The van der Waals surface area contributed by atoms with E-state index in [1.807, 2.05) is 0 Å². The molecule has 0 aliphatic carbocycles. The lowest BCUT2D eigenvalue weighted by molar-refractivity contribution is -0.139. The number of aromatic hydroxyl groups is 1. The summed E-state index contributed by atoms with van der Waals surface area (Å²) in [5.41, 5.74) is -1.95. The number of aromatic nitrogens is 2. The standard InChI is InChI=1S/C12H15N3O7/c1-14-9(18)6(10(19)15(2)12(14)22)5-13-7(11(20)21)3-4-8(16)17/h5,7,18H,3-4H2,1-2H3,(H,16,17)(H,20,21)/t7-/m0/s1. The summed E-state index contributed by atoms with van der Waals surface area (Å²) in [5.74, 6) is -3.19. The Hall–Kier alpha value is -2.91. The van der Waals surface area contributed by atoms with E-state index >= 15 is 0 Å². The second-order valence-electron chi connectivity index (χ2n) is 4.51. The lowest BCUT2D eigenvalue weighted by Crippen LogP contribution is -2.38. The van der Waals surface area contributed by atoms with E-state index in [1.165, 1.54) is 14.1 Å². The molecule has 0 bridgehead atoms. The highest BCUT2D eigenvalue weighted by molar-refractivity contribution is 5.85. The molecule has 120 valence electrons. The van der Waals surface area contributed by atoms with Crippen molar-refractivity contribution < 1.29 is 24.9 Å². The molecule has 0 radical (unpaired) electrons. The van der Waals surface area contributed by atoms with Crippen LogP contribution in [0.3, 0.4) is 0 Å². The number of carbonyl (C=O) groups is 2. The lowest BCUT2D eigenvalue weighted by Gasteiger charge is -2.08. The van der Waals surface area contributed by atoms with E-state index in [1.54, 1.807) is 0 Å². The third-order valence-corrected chi connectivity index (χ3v) is 2.97. The number of rotatable bonds is 6. The first kappa shape index (κ1) is 17.1. The van der Waals surface area contributed by atoms with Gasteiger partial charge in [0, 0.05) is 26.7 Å². The Balaban J connectivity index is 3.22. The summed E-state index contributed by atoms with van der Waals surface area (Å²) in [5, 5.41) is 27.3. The topological polar surface area (TPSA) is 151 Å². The van der Waals surface area contributed by atoms with Crippen molar-refractivity contribution in [1.82, 2.24) is 9.13 Å². The third kappa shape index (κ3) is 3.59. The zero-order chi connectivity index (χ0) is 17.0. The normalized spacial score (nSPS) is 12.5. The van der Waals surface area contributed by atoms with Crippen LogP contribution in [-0.4, -0.2) is 48.6 Å². The van der Waals surface area contributed by atoms with Gasteiger partial charge in [0.1, 0.15) is 11.6 Å². The maximum atomic E-state index is 11.9. The first-order chi connectivity index (χ1) is 10.2. The van der Waals surface area contributed by atoms with Crippen molar-refractivity contribution in [3.05, 3.63) is 26.4 Å². The van der Waals surface area contributed by atoms with Gasteiger partial charge in [-0.15, -0.1) is 0 Å². The van der Waals surface area contributed by atoms with Crippen LogP contribution in [0, 0.1) is 0 Å². The van der Waals surface area contributed by atoms with E-state index in [4.69, 9.17) is 10.2 Å². The molecule has 1 heterocycles. The molecule has 0 aliphatic rings. The SMILES string of the molecule is Cn1c(O)c(C=N[C@@H](CCC(=O)O)C(=O)O)c(=O)n(C)c1=O. The monoisotopic (exact) mass is 313 g/mol. The molecule has 10 heteroatoms. The molecule has 0 aliphatic heterocycles. The van der Waals surface area contributed by atoms with Gasteiger partial charge in [-0.2, -0.15) is 0 Å². The minimum Gasteiger partial charge on any atom is -0.494 e. The number of aliphatic carboxylic acids is 2. The van der Waals surface area contributed by atoms with Crippen LogP contribution in [0.25, 0.3) is 0 Å². The summed E-state index contributed by atoms with van der Waals surface area (Å²) in [6.45, 7) is 0. The van der Waals surface area contributed by atoms with Crippen molar-refractivity contribution in [1.29, 1.82) is 0 Å². The zero-order valence-electron chi connectivity index (χ0n) is 11.9. The predicted octanol–water partition coefficient (Wildman–Crippen LogP) is -1.47. The van der Waals surface area contributed by atoms with Crippen molar-refractivity contribution in [2.75, 3.05) is 0 Å². The largest absolute Gasteiger partial charge is 0.494 e. The van der Waals surface area contributed by atoms with Crippen LogP contribution in [0.5, 0.6) is 5.88 Å². The summed E-state index contributed by atoms with van der Waals surface area (Å²) < 4.78 is 1.53. The van der Waals surface area contributed by atoms with Crippen LogP contribution in [0.15, 0.2) is 14.6 Å². The fourth-order valence-corrected chi connectivity index (χ4v) is 1.66. The molecule has 3 N–H and O–H groups in total. The second kappa shape index (κ2) is 6.70. The van der Waals surface area contributed by atoms with Crippen LogP contribution >= 0.6 is 0 Å². The van der Waals surface area contributed by atoms with Crippen molar-refractivity contribution in [3.63, 3.8) is 0 Å². The Morgan fingerprint density at radius 1 is 1.23 bits per heavy atom. The van der Waals surface area contributed by atoms with Crippen molar-refractivity contribution in [2.24, 2.45) is 19.1 Å². The molecule has 0 saturated heterocycles. The van der Waals surface area contributed by atoms with E-state index in [0.29, 0.717) is 0 Å². The number of aliphatic imine (C=N–C) groups is 1. The van der Waals surface area contributed by atoms with Gasteiger partial charge in [0.2, 0.25) is 5.88 Å². The van der Waals surface area contributed by atoms with Gasteiger partial charge in [-0.1, -0.05) is 0 Å². The van der Waals surface area contributed by atoms with E-state index < -0.39 is 41.5 Å². The van der Waals surface area contributed by atoms with Crippen LogP contribution in [-0.2, 0) is 23.7 Å². The van der Waals surface area contributed by atoms with Gasteiger partial charge in [0.15, 0.2) is 0 Å². The van der Waals surface area contributed by atoms with Gasteiger partial charge in [-0.05, 0) is 6.42 Å². The molecule has 1 aromatic rings. The summed E-state index contributed by atoms with van der Waals surface area (Å²) >= 11 is 0. The molecule has 0 amide bonds. The Bertz CT molecular complexity index is 744. The van der Waals surface area contributed by atoms with E-state index in [2.05, 4.69) is 4.99 Å². The fourth-order valence-electron chi connectivity index (χ4n) is 1.66. The second-order valence-corrected chi connectivity index (χ2v) is 4.51.